The van der Waals surface area contributed by atoms with Crippen molar-refractivity contribution in [2.24, 2.45) is 0 Å². The second kappa shape index (κ2) is 6.80. The van der Waals surface area contributed by atoms with Crippen LogP contribution < -0.4 is 10.6 Å². The standard InChI is InChI=1S/C16H20N2O2/c1-12-5-6-15(13(2)10-12)17-8-7-16(19)18-11-14-4-3-9-20-14/h3-6,9-10,17H,7-8,11H2,1-2H3,(H,18,19). The second-order valence-electron chi connectivity index (χ2n) is 4.85. The van der Waals surface area contributed by atoms with Crippen LogP contribution in [0.3, 0.4) is 0 Å². The van der Waals surface area contributed by atoms with E-state index >= 15 is 0 Å². The number of hydrogen-bond acceptors (Lipinski definition) is 3. The Balaban J connectivity index is 1.71. The molecule has 0 spiro atoms. The number of rotatable bonds is 6. The Bertz CT molecular complexity index is 562. The Morgan fingerprint density at radius 3 is 2.80 bits per heavy atom. The third kappa shape index (κ3) is 4.16. The van der Waals surface area contributed by atoms with Crippen molar-refractivity contribution in [2.75, 3.05) is 11.9 Å². The topological polar surface area (TPSA) is 54.3 Å². The Morgan fingerprint density at radius 1 is 1.25 bits per heavy atom. The van der Waals surface area contributed by atoms with Gasteiger partial charge in [0.2, 0.25) is 5.91 Å². The lowest BCUT2D eigenvalue weighted by atomic mass is 10.1. The summed E-state index contributed by atoms with van der Waals surface area (Å²) in [7, 11) is 0. The SMILES string of the molecule is Cc1ccc(NCCC(=O)NCc2ccco2)c(C)c1. The summed E-state index contributed by atoms with van der Waals surface area (Å²) in [5, 5.41) is 6.10. The maximum atomic E-state index is 11.7. The molecule has 0 saturated heterocycles. The summed E-state index contributed by atoms with van der Waals surface area (Å²) >= 11 is 0. The Hall–Kier alpha value is -2.23. The highest BCUT2D eigenvalue weighted by Gasteiger charge is 2.03. The summed E-state index contributed by atoms with van der Waals surface area (Å²) in [5.41, 5.74) is 3.51. The molecule has 4 nitrogen and oxygen atoms in total. The van der Waals surface area contributed by atoms with Crippen molar-refractivity contribution in [3.05, 3.63) is 53.5 Å². The summed E-state index contributed by atoms with van der Waals surface area (Å²) in [4.78, 5) is 11.7. The smallest absolute Gasteiger partial charge is 0.222 e. The lowest BCUT2D eigenvalue weighted by Gasteiger charge is -2.10. The molecule has 106 valence electrons. The highest BCUT2D eigenvalue weighted by atomic mass is 16.3. The van der Waals surface area contributed by atoms with Crippen molar-refractivity contribution in [1.82, 2.24) is 5.32 Å². The van der Waals surface area contributed by atoms with Crippen LogP contribution in [0.5, 0.6) is 0 Å². The van der Waals surface area contributed by atoms with Crippen LogP contribution in [0.25, 0.3) is 0 Å². The molecule has 1 aromatic heterocycles. The average Bonchev–Trinajstić information content (AvgIpc) is 2.92. The fourth-order valence-electron chi connectivity index (χ4n) is 2.01. The molecule has 0 aliphatic carbocycles. The summed E-state index contributed by atoms with van der Waals surface area (Å²) in [6.45, 7) is 5.19. The molecule has 0 aliphatic heterocycles. The van der Waals surface area contributed by atoms with Gasteiger partial charge in [-0.1, -0.05) is 17.7 Å². The predicted octanol–water partition coefficient (Wildman–Crippen LogP) is 3.01. The molecule has 1 aromatic carbocycles. The number of nitrogens with one attached hydrogen (secondary N) is 2. The molecular formula is C16H20N2O2. The minimum Gasteiger partial charge on any atom is -0.467 e. The van der Waals surface area contributed by atoms with Crippen molar-refractivity contribution in [1.29, 1.82) is 0 Å². The molecule has 4 heteroatoms. The minimum atomic E-state index is 0.0127. The van der Waals surface area contributed by atoms with E-state index in [4.69, 9.17) is 4.42 Å². The lowest BCUT2D eigenvalue weighted by molar-refractivity contribution is -0.121. The van der Waals surface area contributed by atoms with Gasteiger partial charge in [0.25, 0.3) is 0 Å². The van der Waals surface area contributed by atoms with E-state index in [1.165, 1.54) is 11.1 Å². The number of anilines is 1. The van der Waals surface area contributed by atoms with Crippen molar-refractivity contribution in [2.45, 2.75) is 26.8 Å². The molecular weight excluding hydrogens is 252 g/mol. The van der Waals surface area contributed by atoms with Crippen LogP contribution in [0, 0.1) is 13.8 Å². The van der Waals surface area contributed by atoms with Crippen molar-refractivity contribution < 1.29 is 9.21 Å². The molecule has 0 radical (unpaired) electrons. The van der Waals surface area contributed by atoms with Crippen molar-refractivity contribution in [3.8, 4) is 0 Å². The van der Waals surface area contributed by atoms with Gasteiger partial charge in [0.05, 0.1) is 12.8 Å². The van der Waals surface area contributed by atoms with Crippen molar-refractivity contribution in [3.63, 3.8) is 0 Å². The first-order chi connectivity index (χ1) is 9.65. The van der Waals surface area contributed by atoms with Gasteiger partial charge in [0, 0.05) is 18.7 Å². The van der Waals surface area contributed by atoms with Gasteiger partial charge in [-0.15, -0.1) is 0 Å². The van der Waals surface area contributed by atoms with Gasteiger partial charge in [-0.3, -0.25) is 4.79 Å². The van der Waals surface area contributed by atoms with E-state index in [2.05, 4.69) is 36.6 Å². The molecule has 0 saturated carbocycles. The number of amides is 1. The van der Waals surface area contributed by atoms with E-state index in [0.717, 1.165) is 11.4 Å². The Kier molecular flexibility index (Phi) is 4.82. The maximum absolute atomic E-state index is 11.7. The first-order valence-corrected chi connectivity index (χ1v) is 6.75. The minimum absolute atomic E-state index is 0.0127. The molecule has 0 atom stereocenters. The van der Waals surface area contributed by atoms with Gasteiger partial charge in [0.1, 0.15) is 5.76 Å². The zero-order chi connectivity index (χ0) is 14.4. The number of hydrogen-bond donors (Lipinski definition) is 2. The number of carbonyl (C=O) groups is 1. The van der Waals surface area contributed by atoms with E-state index in [0.29, 0.717) is 19.5 Å². The summed E-state index contributed by atoms with van der Waals surface area (Å²) in [6.07, 6.45) is 2.04. The predicted molar refractivity (Wildman–Crippen MR) is 79.6 cm³/mol. The van der Waals surface area contributed by atoms with Gasteiger partial charge in [-0.25, -0.2) is 0 Å². The van der Waals surface area contributed by atoms with Crippen LogP contribution >= 0.6 is 0 Å². The lowest BCUT2D eigenvalue weighted by Crippen LogP contribution is -2.24. The van der Waals surface area contributed by atoms with E-state index in [1.807, 2.05) is 18.2 Å². The number of carbonyl (C=O) groups excluding carboxylic acids is 1. The number of aryl methyl sites for hydroxylation is 2. The highest BCUT2D eigenvalue weighted by Crippen LogP contribution is 2.15. The van der Waals surface area contributed by atoms with Gasteiger partial charge in [-0.05, 0) is 37.6 Å². The largest absolute Gasteiger partial charge is 0.467 e. The Morgan fingerprint density at radius 2 is 2.10 bits per heavy atom. The zero-order valence-electron chi connectivity index (χ0n) is 11.9. The van der Waals surface area contributed by atoms with Crippen LogP contribution in [-0.2, 0) is 11.3 Å². The third-order valence-corrected chi connectivity index (χ3v) is 3.09. The highest BCUT2D eigenvalue weighted by molar-refractivity contribution is 5.76. The van der Waals surface area contributed by atoms with Gasteiger partial charge < -0.3 is 15.1 Å². The molecule has 1 heterocycles. The normalized spacial score (nSPS) is 10.3. The van der Waals surface area contributed by atoms with Gasteiger partial charge in [0.15, 0.2) is 0 Å². The quantitative estimate of drug-likeness (QED) is 0.850. The number of furan rings is 1. The molecule has 0 aliphatic rings. The van der Waals surface area contributed by atoms with Gasteiger partial charge in [-0.2, -0.15) is 0 Å². The fourth-order valence-corrected chi connectivity index (χ4v) is 2.01. The first kappa shape index (κ1) is 14.2. The summed E-state index contributed by atoms with van der Waals surface area (Å²) in [5.74, 6) is 0.777. The van der Waals surface area contributed by atoms with Crippen LogP contribution in [0.4, 0.5) is 5.69 Å². The molecule has 1 amide bonds. The molecule has 0 unspecified atom stereocenters. The average molecular weight is 272 g/mol. The molecule has 0 bridgehead atoms. The molecule has 2 aromatic rings. The first-order valence-electron chi connectivity index (χ1n) is 6.75. The molecule has 0 fully saturated rings. The fraction of sp³-hybridized carbons (Fsp3) is 0.312. The van der Waals surface area contributed by atoms with E-state index in [9.17, 15) is 4.79 Å². The number of benzene rings is 1. The zero-order valence-corrected chi connectivity index (χ0v) is 11.9. The third-order valence-electron chi connectivity index (χ3n) is 3.09. The monoisotopic (exact) mass is 272 g/mol. The van der Waals surface area contributed by atoms with Gasteiger partial charge >= 0.3 is 0 Å². The van der Waals surface area contributed by atoms with Crippen LogP contribution in [0.1, 0.15) is 23.3 Å². The maximum Gasteiger partial charge on any atom is 0.222 e. The van der Waals surface area contributed by atoms with Crippen LogP contribution in [0.15, 0.2) is 41.0 Å². The van der Waals surface area contributed by atoms with Crippen LogP contribution in [-0.4, -0.2) is 12.5 Å². The van der Waals surface area contributed by atoms with Crippen LogP contribution in [0.2, 0.25) is 0 Å². The van der Waals surface area contributed by atoms with Crippen molar-refractivity contribution >= 4 is 11.6 Å². The summed E-state index contributed by atoms with van der Waals surface area (Å²) < 4.78 is 5.15. The van der Waals surface area contributed by atoms with E-state index in [-0.39, 0.29) is 5.91 Å². The summed E-state index contributed by atoms with van der Waals surface area (Å²) in [6, 6.07) is 9.88. The van der Waals surface area contributed by atoms with E-state index < -0.39 is 0 Å². The Labute approximate surface area is 119 Å². The molecule has 2 N–H and O–H groups in total. The molecule has 2 rings (SSSR count). The molecule has 20 heavy (non-hydrogen) atoms. The second-order valence-corrected chi connectivity index (χ2v) is 4.85. The van der Waals surface area contributed by atoms with E-state index in [1.54, 1.807) is 6.26 Å².